The van der Waals surface area contributed by atoms with Crippen molar-refractivity contribution >= 4 is 11.5 Å². The fraction of sp³-hybridized carbons (Fsp3) is 0.562. The molecule has 1 saturated heterocycles. The van der Waals surface area contributed by atoms with E-state index in [1.807, 2.05) is 19.1 Å². The molecule has 0 unspecified atom stereocenters. The number of ketones is 1. The first-order valence-corrected chi connectivity index (χ1v) is 7.44. The summed E-state index contributed by atoms with van der Waals surface area (Å²) in [5.74, 6) is 0.199. The number of carbonyl (C=O) groups is 1. The van der Waals surface area contributed by atoms with Crippen LogP contribution in [0.5, 0.6) is 0 Å². The molecule has 1 aliphatic heterocycles. The fourth-order valence-electron chi connectivity index (χ4n) is 2.60. The second-order valence-corrected chi connectivity index (χ2v) is 5.28. The van der Waals surface area contributed by atoms with Gasteiger partial charge in [0.2, 0.25) is 0 Å². The smallest absolute Gasteiger partial charge is 0.146 e. The highest BCUT2D eigenvalue weighted by Crippen LogP contribution is 2.20. The lowest BCUT2D eigenvalue weighted by atomic mass is 10.1. The highest BCUT2D eigenvalue weighted by Gasteiger charge is 2.18. The Morgan fingerprint density at radius 3 is 2.55 bits per heavy atom. The molecule has 1 fully saturated rings. The molecule has 3 nitrogen and oxygen atoms in total. The van der Waals surface area contributed by atoms with Crippen molar-refractivity contribution in [1.82, 2.24) is 4.90 Å². The zero-order chi connectivity index (χ0) is 14.4. The van der Waals surface area contributed by atoms with Gasteiger partial charge in [-0.1, -0.05) is 19.1 Å². The quantitative estimate of drug-likeness (QED) is 0.799. The van der Waals surface area contributed by atoms with Crippen molar-refractivity contribution in [1.29, 1.82) is 0 Å². The van der Waals surface area contributed by atoms with Gasteiger partial charge in [0, 0.05) is 39.0 Å². The molecule has 0 aromatic heterocycles. The number of piperazine rings is 1. The molecule has 0 saturated carbocycles. The summed E-state index contributed by atoms with van der Waals surface area (Å²) in [6, 6.07) is 6.95. The zero-order valence-electron chi connectivity index (χ0n) is 12.1. The molecule has 0 amide bonds. The molecule has 0 bridgehead atoms. The predicted octanol–water partition coefficient (Wildman–Crippen LogP) is 2.71. The molecule has 0 radical (unpaired) electrons. The molecule has 0 aliphatic carbocycles. The summed E-state index contributed by atoms with van der Waals surface area (Å²) in [6.07, 6.45) is 2.26. The molecule has 1 aromatic rings. The van der Waals surface area contributed by atoms with Gasteiger partial charge in [0.1, 0.15) is 11.6 Å². The maximum Gasteiger partial charge on any atom is 0.146 e. The average Bonchev–Trinajstić information content (AvgIpc) is 2.48. The van der Waals surface area contributed by atoms with Crippen LogP contribution < -0.4 is 4.90 Å². The number of para-hydroxylation sites is 1. The monoisotopic (exact) mass is 278 g/mol. The average molecular weight is 278 g/mol. The van der Waals surface area contributed by atoms with Crippen molar-refractivity contribution in [2.45, 2.75) is 26.2 Å². The van der Waals surface area contributed by atoms with Gasteiger partial charge in [-0.3, -0.25) is 9.69 Å². The maximum atomic E-state index is 13.7. The van der Waals surface area contributed by atoms with E-state index in [9.17, 15) is 9.18 Å². The Labute approximate surface area is 120 Å². The number of Topliss-reactive ketones (excluding diaryl/α,β-unsaturated/α-hetero) is 1. The highest BCUT2D eigenvalue weighted by atomic mass is 19.1. The number of nitrogens with zero attached hydrogens (tertiary/aromatic N) is 2. The van der Waals surface area contributed by atoms with Crippen LogP contribution >= 0.6 is 0 Å². The van der Waals surface area contributed by atoms with Gasteiger partial charge in [0.05, 0.1) is 5.69 Å². The van der Waals surface area contributed by atoms with E-state index in [-0.39, 0.29) is 5.82 Å². The van der Waals surface area contributed by atoms with Gasteiger partial charge in [-0.15, -0.1) is 0 Å². The van der Waals surface area contributed by atoms with E-state index < -0.39 is 0 Å². The Morgan fingerprint density at radius 2 is 1.90 bits per heavy atom. The number of benzene rings is 1. The second kappa shape index (κ2) is 7.39. The largest absolute Gasteiger partial charge is 0.367 e. The van der Waals surface area contributed by atoms with Crippen molar-refractivity contribution in [3.63, 3.8) is 0 Å². The summed E-state index contributed by atoms with van der Waals surface area (Å²) in [5.41, 5.74) is 0.702. The minimum absolute atomic E-state index is 0.144. The van der Waals surface area contributed by atoms with Crippen LogP contribution in [0.1, 0.15) is 26.2 Å². The Morgan fingerprint density at radius 1 is 1.20 bits per heavy atom. The Balaban J connectivity index is 1.75. The summed E-state index contributed by atoms with van der Waals surface area (Å²) < 4.78 is 13.7. The van der Waals surface area contributed by atoms with Crippen LogP contribution in [0.15, 0.2) is 24.3 Å². The molecule has 0 atom stereocenters. The SMILES string of the molecule is CCC(=O)CCCN1CCN(c2ccccc2F)CC1. The van der Waals surface area contributed by atoms with E-state index in [0.29, 0.717) is 24.3 Å². The summed E-state index contributed by atoms with van der Waals surface area (Å²) in [7, 11) is 0. The molecule has 1 heterocycles. The Hall–Kier alpha value is -1.42. The summed E-state index contributed by atoms with van der Waals surface area (Å²) >= 11 is 0. The molecule has 1 aliphatic rings. The number of hydrogen-bond acceptors (Lipinski definition) is 3. The van der Waals surface area contributed by atoms with E-state index in [0.717, 1.165) is 39.1 Å². The van der Waals surface area contributed by atoms with Crippen LogP contribution in [-0.2, 0) is 4.79 Å². The molecule has 20 heavy (non-hydrogen) atoms. The van der Waals surface area contributed by atoms with Crippen molar-refractivity contribution < 1.29 is 9.18 Å². The van der Waals surface area contributed by atoms with Gasteiger partial charge in [0.15, 0.2) is 0 Å². The molecule has 4 heteroatoms. The summed E-state index contributed by atoms with van der Waals surface area (Å²) in [6.45, 7) is 6.46. The van der Waals surface area contributed by atoms with E-state index in [1.54, 1.807) is 6.07 Å². The topological polar surface area (TPSA) is 23.6 Å². The van der Waals surface area contributed by atoms with Crippen molar-refractivity contribution in [3.05, 3.63) is 30.1 Å². The van der Waals surface area contributed by atoms with Crippen molar-refractivity contribution in [2.75, 3.05) is 37.6 Å². The Bertz CT molecular complexity index is 442. The van der Waals surface area contributed by atoms with Crippen LogP contribution in [0.4, 0.5) is 10.1 Å². The third kappa shape index (κ3) is 4.04. The lowest BCUT2D eigenvalue weighted by Gasteiger charge is -2.36. The minimum Gasteiger partial charge on any atom is -0.367 e. The number of anilines is 1. The molecule has 110 valence electrons. The number of rotatable bonds is 6. The van der Waals surface area contributed by atoms with E-state index in [1.165, 1.54) is 6.07 Å². The predicted molar refractivity (Wildman–Crippen MR) is 79.6 cm³/mol. The molecule has 1 aromatic carbocycles. The summed E-state index contributed by atoms with van der Waals surface area (Å²) in [4.78, 5) is 15.7. The number of halogens is 1. The third-order valence-corrected chi connectivity index (χ3v) is 3.89. The van der Waals surface area contributed by atoms with Gasteiger partial charge < -0.3 is 4.90 Å². The molecular formula is C16H23FN2O. The first-order valence-electron chi connectivity index (χ1n) is 7.44. The molecule has 0 N–H and O–H groups in total. The maximum absolute atomic E-state index is 13.7. The van der Waals surface area contributed by atoms with Gasteiger partial charge >= 0.3 is 0 Å². The van der Waals surface area contributed by atoms with Crippen LogP contribution in [0.25, 0.3) is 0 Å². The standard InChI is InChI=1S/C16H23FN2O/c1-2-14(20)6-5-9-18-10-12-19(13-11-18)16-8-4-3-7-15(16)17/h3-4,7-8H,2,5-6,9-13H2,1H3. The van der Waals surface area contributed by atoms with Gasteiger partial charge in [-0.05, 0) is 25.1 Å². The second-order valence-electron chi connectivity index (χ2n) is 5.28. The molecule has 2 rings (SSSR count). The van der Waals surface area contributed by atoms with Gasteiger partial charge in [-0.25, -0.2) is 4.39 Å². The lowest BCUT2D eigenvalue weighted by Crippen LogP contribution is -2.47. The van der Waals surface area contributed by atoms with Crippen molar-refractivity contribution in [2.24, 2.45) is 0 Å². The summed E-state index contributed by atoms with van der Waals surface area (Å²) in [5, 5.41) is 0. The highest BCUT2D eigenvalue weighted by molar-refractivity contribution is 5.77. The number of carbonyl (C=O) groups excluding carboxylic acids is 1. The fourth-order valence-corrected chi connectivity index (χ4v) is 2.60. The number of hydrogen-bond donors (Lipinski definition) is 0. The first kappa shape index (κ1) is 15.0. The minimum atomic E-state index is -0.144. The molecule has 0 spiro atoms. The van der Waals surface area contributed by atoms with E-state index >= 15 is 0 Å². The van der Waals surface area contributed by atoms with Crippen LogP contribution in [0.3, 0.4) is 0 Å². The van der Waals surface area contributed by atoms with Gasteiger partial charge in [-0.2, -0.15) is 0 Å². The lowest BCUT2D eigenvalue weighted by molar-refractivity contribution is -0.118. The first-order chi connectivity index (χ1) is 9.70. The Kier molecular flexibility index (Phi) is 5.53. The van der Waals surface area contributed by atoms with E-state index in [4.69, 9.17) is 0 Å². The van der Waals surface area contributed by atoms with E-state index in [2.05, 4.69) is 9.80 Å². The van der Waals surface area contributed by atoms with Gasteiger partial charge in [0.25, 0.3) is 0 Å². The van der Waals surface area contributed by atoms with Crippen LogP contribution in [-0.4, -0.2) is 43.4 Å². The zero-order valence-corrected chi connectivity index (χ0v) is 12.1. The van der Waals surface area contributed by atoms with Crippen molar-refractivity contribution in [3.8, 4) is 0 Å². The van der Waals surface area contributed by atoms with Crippen LogP contribution in [0, 0.1) is 5.82 Å². The third-order valence-electron chi connectivity index (χ3n) is 3.89. The van der Waals surface area contributed by atoms with Crippen LogP contribution in [0.2, 0.25) is 0 Å². The molecular weight excluding hydrogens is 255 g/mol. The normalized spacial score (nSPS) is 16.4.